The first-order valence-electron chi connectivity index (χ1n) is 7.08. The van der Waals surface area contributed by atoms with Crippen LogP contribution in [0.4, 0.5) is 0 Å². The van der Waals surface area contributed by atoms with E-state index in [9.17, 15) is 8.42 Å². The van der Waals surface area contributed by atoms with Gasteiger partial charge < -0.3 is 9.73 Å². The van der Waals surface area contributed by atoms with Crippen molar-refractivity contribution in [1.82, 2.24) is 9.62 Å². The van der Waals surface area contributed by atoms with Crippen LogP contribution in [-0.4, -0.2) is 32.9 Å². The summed E-state index contributed by atoms with van der Waals surface area (Å²) in [5.74, 6) is 3.95. The second-order valence-electron chi connectivity index (χ2n) is 5.50. The van der Waals surface area contributed by atoms with Crippen molar-refractivity contribution in [3.05, 3.63) is 17.1 Å². The molecule has 0 aromatic carbocycles. The maximum absolute atomic E-state index is 13.0. The van der Waals surface area contributed by atoms with Crippen LogP contribution in [0.3, 0.4) is 0 Å². The molecule has 2 rings (SSSR count). The number of aryl methyl sites for hydroxylation is 2. The second-order valence-corrected chi connectivity index (χ2v) is 7.37. The number of furan rings is 1. The molecule has 21 heavy (non-hydrogen) atoms. The van der Waals surface area contributed by atoms with Crippen molar-refractivity contribution >= 4 is 10.0 Å². The molecule has 5 nitrogen and oxygen atoms in total. The molecule has 1 aromatic rings. The third kappa shape index (κ3) is 3.31. The van der Waals surface area contributed by atoms with Crippen LogP contribution in [0.1, 0.15) is 29.9 Å². The van der Waals surface area contributed by atoms with Crippen LogP contribution in [0.25, 0.3) is 0 Å². The number of terminal acetylenes is 1. The minimum atomic E-state index is -3.62. The summed E-state index contributed by atoms with van der Waals surface area (Å²) in [6, 6.07) is 0. The second kappa shape index (κ2) is 6.22. The Morgan fingerprint density at radius 3 is 2.57 bits per heavy atom. The molecule has 116 valence electrons. The molecule has 6 heteroatoms. The molecule has 1 fully saturated rings. The molecule has 0 aliphatic heterocycles. The summed E-state index contributed by atoms with van der Waals surface area (Å²) in [4.78, 5) is 0.269. The average molecular weight is 310 g/mol. The molecule has 1 saturated carbocycles. The third-order valence-electron chi connectivity index (χ3n) is 3.70. The van der Waals surface area contributed by atoms with Gasteiger partial charge in [0, 0.05) is 18.7 Å². The maximum atomic E-state index is 13.0. The summed E-state index contributed by atoms with van der Waals surface area (Å²) in [5, 5.41) is 2.99. The van der Waals surface area contributed by atoms with E-state index in [4.69, 9.17) is 10.8 Å². The summed E-state index contributed by atoms with van der Waals surface area (Å²) in [6.07, 6.45) is 7.49. The zero-order valence-corrected chi connectivity index (χ0v) is 13.6. The van der Waals surface area contributed by atoms with Gasteiger partial charge in [-0.25, -0.2) is 8.42 Å². The summed E-state index contributed by atoms with van der Waals surface area (Å²) in [6.45, 7) is 4.51. The predicted octanol–water partition coefficient (Wildman–Crippen LogP) is 1.65. The van der Waals surface area contributed by atoms with E-state index < -0.39 is 10.0 Å². The Labute approximate surface area is 126 Å². The quantitative estimate of drug-likeness (QED) is 0.778. The van der Waals surface area contributed by atoms with Crippen LogP contribution < -0.4 is 5.32 Å². The highest BCUT2D eigenvalue weighted by atomic mass is 32.2. The molecule has 1 aliphatic rings. The van der Waals surface area contributed by atoms with Crippen molar-refractivity contribution in [2.75, 3.05) is 20.1 Å². The standard InChI is InChI=1S/C15H22N2O3S/c1-5-8-17(10-13-6-7-13)21(18,19)15-12(3)20-11(2)14(15)9-16-4/h1,13,16H,6-10H2,2-4H3. The molecular weight excluding hydrogens is 288 g/mol. The number of rotatable bonds is 7. The fourth-order valence-corrected chi connectivity index (χ4v) is 4.34. The Morgan fingerprint density at radius 2 is 2.05 bits per heavy atom. The Hall–Kier alpha value is -1.29. The van der Waals surface area contributed by atoms with E-state index >= 15 is 0 Å². The lowest BCUT2D eigenvalue weighted by molar-refractivity contribution is 0.426. The number of nitrogens with one attached hydrogen (secondary N) is 1. The van der Waals surface area contributed by atoms with Crippen molar-refractivity contribution in [1.29, 1.82) is 0 Å². The van der Waals surface area contributed by atoms with Gasteiger partial charge in [-0.3, -0.25) is 0 Å². The van der Waals surface area contributed by atoms with Crippen molar-refractivity contribution < 1.29 is 12.8 Å². The van der Waals surface area contributed by atoms with Gasteiger partial charge in [0.1, 0.15) is 16.4 Å². The van der Waals surface area contributed by atoms with Crippen molar-refractivity contribution in [3.63, 3.8) is 0 Å². The molecule has 1 heterocycles. The molecule has 0 unspecified atom stereocenters. The highest BCUT2D eigenvalue weighted by Crippen LogP contribution is 2.34. The number of hydrogen-bond acceptors (Lipinski definition) is 4. The van der Waals surface area contributed by atoms with Crippen LogP contribution in [0, 0.1) is 32.1 Å². The minimum absolute atomic E-state index is 0.0987. The summed E-state index contributed by atoms with van der Waals surface area (Å²) < 4.78 is 32.9. The molecule has 0 atom stereocenters. The molecule has 0 spiro atoms. The maximum Gasteiger partial charge on any atom is 0.247 e. The highest BCUT2D eigenvalue weighted by molar-refractivity contribution is 7.89. The van der Waals surface area contributed by atoms with Crippen molar-refractivity contribution in [3.8, 4) is 12.3 Å². The lowest BCUT2D eigenvalue weighted by Crippen LogP contribution is -2.34. The van der Waals surface area contributed by atoms with Crippen LogP contribution in [0.5, 0.6) is 0 Å². The smallest absolute Gasteiger partial charge is 0.247 e. The molecule has 0 saturated heterocycles. The highest BCUT2D eigenvalue weighted by Gasteiger charge is 2.35. The van der Waals surface area contributed by atoms with Gasteiger partial charge in [-0.2, -0.15) is 4.31 Å². The zero-order valence-electron chi connectivity index (χ0n) is 12.8. The van der Waals surface area contributed by atoms with E-state index in [0.29, 0.717) is 36.1 Å². The van der Waals surface area contributed by atoms with Gasteiger partial charge in [0.25, 0.3) is 0 Å². The fourth-order valence-electron chi connectivity index (χ4n) is 2.50. The number of hydrogen-bond donors (Lipinski definition) is 1. The Balaban J connectivity index is 2.43. The van der Waals surface area contributed by atoms with E-state index in [1.807, 2.05) is 0 Å². The largest absolute Gasteiger partial charge is 0.465 e. The van der Waals surface area contributed by atoms with Gasteiger partial charge in [0.2, 0.25) is 10.0 Å². The first kappa shape index (κ1) is 16.1. The normalized spacial score (nSPS) is 15.4. The molecule has 0 bridgehead atoms. The fraction of sp³-hybridized carbons (Fsp3) is 0.600. The van der Waals surface area contributed by atoms with Gasteiger partial charge in [-0.05, 0) is 39.7 Å². The monoisotopic (exact) mass is 310 g/mol. The van der Waals surface area contributed by atoms with Crippen molar-refractivity contribution in [2.45, 2.75) is 38.1 Å². The van der Waals surface area contributed by atoms with Gasteiger partial charge in [-0.1, -0.05) is 5.92 Å². The molecule has 1 N–H and O–H groups in total. The minimum Gasteiger partial charge on any atom is -0.465 e. The Bertz CT molecular complexity index is 651. The average Bonchev–Trinajstić information content (AvgIpc) is 3.16. The number of sulfonamides is 1. The van der Waals surface area contributed by atoms with E-state index in [2.05, 4.69) is 11.2 Å². The van der Waals surface area contributed by atoms with E-state index in [-0.39, 0.29) is 11.4 Å². The predicted molar refractivity (Wildman–Crippen MR) is 81.3 cm³/mol. The lowest BCUT2D eigenvalue weighted by atomic mass is 10.2. The summed E-state index contributed by atoms with van der Waals surface area (Å²) >= 11 is 0. The van der Waals surface area contributed by atoms with Crippen LogP contribution in [-0.2, 0) is 16.6 Å². The van der Waals surface area contributed by atoms with Gasteiger partial charge >= 0.3 is 0 Å². The first-order valence-corrected chi connectivity index (χ1v) is 8.52. The lowest BCUT2D eigenvalue weighted by Gasteiger charge is -2.20. The summed E-state index contributed by atoms with van der Waals surface area (Å²) in [7, 11) is -1.84. The topological polar surface area (TPSA) is 62.6 Å². The Kier molecular flexibility index (Phi) is 4.77. The number of nitrogens with zero attached hydrogens (tertiary/aromatic N) is 1. The van der Waals surface area contributed by atoms with Gasteiger partial charge in [0.05, 0.1) is 6.54 Å². The molecule has 1 aliphatic carbocycles. The molecule has 0 radical (unpaired) electrons. The van der Waals surface area contributed by atoms with E-state index in [0.717, 1.165) is 12.8 Å². The zero-order chi connectivity index (χ0) is 15.6. The molecule has 0 amide bonds. The van der Waals surface area contributed by atoms with Crippen LogP contribution in [0.15, 0.2) is 9.31 Å². The van der Waals surface area contributed by atoms with Crippen molar-refractivity contribution in [2.24, 2.45) is 5.92 Å². The first-order chi connectivity index (χ1) is 9.91. The molecule has 1 aromatic heterocycles. The van der Waals surface area contributed by atoms with E-state index in [1.165, 1.54) is 4.31 Å². The summed E-state index contributed by atoms with van der Waals surface area (Å²) in [5.41, 5.74) is 0.688. The van der Waals surface area contributed by atoms with Crippen LogP contribution in [0.2, 0.25) is 0 Å². The van der Waals surface area contributed by atoms with Gasteiger partial charge in [0.15, 0.2) is 0 Å². The van der Waals surface area contributed by atoms with E-state index in [1.54, 1.807) is 20.9 Å². The van der Waals surface area contributed by atoms with Crippen LogP contribution >= 0.6 is 0 Å². The third-order valence-corrected chi connectivity index (χ3v) is 5.71. The molecular formula is C15H22N2O3S. The van der Waals surface area contributed by atoms with Gasteiger partial charge in [-0.15, -0.1) is 6.42 Å². The Morgan fingerprint density at radius 1 is 1.38 bits per heavy atom. The SMILES string of the molecule is C#CCN(CC1CC1)S(=O)(=O)c1c(C)oc(C)c1CNC.